The van der Waals surface area contributed by atoms with E-state index in [0.717, 1.165) is 12.8 Å². The molecule has 1 unspecified atom stereocenters. The van der Waals surface area contributed by atoms with E-state index in [1.165, 1.54) is 11.1 Å². The summed E-state index contributed by atoms with van der Waals surface area (Å²) in [5.74, 6) is -0.489. The van der Waals surface area contributed by atoms with Crippen molar-refractivity contribution >= 4 is 11.8 Å². The predicted octanol–water partition coefficient (Wildman–Crippen LogP) is 0.630. The Kier molecular flexibility index (Phi) is 3.91. The van der Waals surface area contributed by atoms with Crippen molar-refractivity contribution in [2.24, 2.45) is 11.7 Å². The lowest BCUT2D eigenvalue weighted by Crippen LogP contribution is -2.53. The summed E-state index contributed by atoms with van der Waals surface area (Å²) in [4.78, 5) is 25.6. The second-order valence-corrected chi connectivity index (χ2v) is 6.60. The number of fused-ring (bicyclic) bond motifs is 1. The third-order valence-corrected chi connectivity index (χ3v) is 4.77. The number of nitrogens with two attached hydrogens (primary N) is 1. The van der Waals surface area contributed by atoms with Crippen LogP contribution < -0.4 is 5.73 Å². The first-order chi connectivity index (χ1) is 10.5. The van der Waals surface area contributed by atoms with Crippen molar-refractivity contribution in [3.05, 3.63) is 35.4 Å². The molecule has 5 heteroatoms. The monoisotopic (exact) mass is 302 g/mol. The van der Waals surface area contributed by atoms with Gasteiger partial charge in [0, 0.05) is 19.0 Å². The van der Waals surface area contributed by atoms with E-state index in [1.807, 2.05) is 12.1 Å². The van der Waals surface area contributed by atoms with E-state index in [0.29, 0.717) is 19.4 Å². The number of carbonyl (C=O) groups is 2. The van der Waals surface area contributed by atoms with E-state index in [1.54, 1.807) is 4.90 Å². The van der Waals surface area contributed by atoms with Crippen LogP contribution >= 0.6 is 0 Å². The SMILES string of the molecule is NC(=O)CC1(O)CCCN(C(=O)C2Cc3ccccc3C2)C1. The molecule has 3 rings (SSSR count). The summed E-state index contributed by atoms with van der Waals surface area (Å²) in [5, 5.41) is 10.5. The first-order valence-electron chi connectivity index (χ1n) is 7.83. The number of aliphatic hydroxyl groups is 1. The lowest BCUT2D eigenvalue weighted by Gasteiger charge is -2.39. The number of primary amides is 1. The van der Waals surface area contributed by atoms with Crippen molar-refractivity contribution in [2.45, 2.75) is 37.7 Å². The fourth-order valence-corrected chi connectivity index (χ4v) is 3.76. The Bertz CT molecular complexity index is 576. The maximum atomic E-state index is 12.7. The number of likely N-dealkylation sites (tertiary alicyclic amines) is 1. The number of piperidine rings is 1. The number of β-amino-alcohol motifs (C(OH)–C–C–N with tert-alkyl or cyclic N) is 1. The predicted molar refractivity (Wildman–Crippen MR) is 81.9 cm³/mol. The Balaban J connectivity index is 1.67. The van der Waals surface area contributed by atoms with Gasteiger partial charge >= 0.3 is 0 Å². The highest BCUT2D eigenvalue weighted by Gasteiger charge is 2.39. The molecular weight excluding hydrogens is 280 g/mol. The molecular formula is C17H22N2O3. The van der Waals surface area contributed by atoms with Gasteiger partial charge in [-0.1, -0.05) is 24.3 Å². The van der Waals surface area contributed by atoms with Crippen LogP contribution in [0.3, 0.4) is 0 Å². The maximum Gasteiger partial charge on any atom is 0.226 e. The van der Waals surface area contributed by atoms with Gasteiger partial charge in [-0.3, -0.25) is 9.59 Å². The van der Waals surface area contributed by atoms with E-state index in [9.17, 15) is 14.7 Å². The first kappa shape index (κ1) is 15.0. The number of hydrogen-bond donors (Lipinski definition) is 2. The number of nitrogens with zero attached hydrogens (tertiary/aromatic N) is 1. The van der Waals surface area contributed by atoms with Crippen molar-refractivity contribution in [2.75, 3.05) is 13.1 Å². The summed E-state index contributed by atoms with van der Waals surface area (Å²) in [6.07, 6.45) is 2.67. The van der Waals surface area contributed by atoms with Crippen LogP contribution in [0.5, 0.6) is 0 Å². The van der Waals surface area contributed by atoms with Gasteiger partial charge in [-0.05, 0) is 36.8 Å². The first-order valence-corrected chi connectivity index (χ1v) is 7.83. The number of carbonyl (C=O) groups excluding carboxylic acids is 2. The summed E-state index contributed by atoms with van der Waals surface area (Å²) < 4.78 is 0. The molecule has 0 bridgehead atoms. The van der Waals surface area contributed by atoms with Gasteiger partial charge in [-0.15, -0.1) is 0 Å². The minimum absolute atomic E-state index is 0.0478. The zero-order valence-electron chi connectivity index (χ0n) is 12.6. The number of benzene rings is 1. The third-order valence-electron chi connectivity index (χ3n) is 4.77. The molecule has 2 aliphatic rings. The average Bonchev–Trinajstić information content (AvgIpc) is 2.89. The van der Waals surface area contributed by atoms with Gasteiger partial charge in [0.1, 0.15) is 0 Å². The number of hydrogen-bond acceptors (Lipinski definition) is 3. The summed E-state index contributed by atoms with van der Waals surface area (Å²) in [5.41, 5.74) is 6.53. The Morgan fingerprint density at radius 1 is 1.27 bits per heavy atom. The third kappa shape index (κ3) is 2.99. The molecule has 0 aromatic heterocycles. The zero-order valence-corrected chi connectivity index (χ0v) is 12.6. The topological polar surface area (TPSA) is 83.6 Å². The van der Waals surface area contributed by atoms with Crippen molar-refractivity contribution < 1.29 is 14.7 Å². The Morgan fingerprint density at radius 2 is 1.91 bits per heavy atom. The quantitative estimate of drug-likeness (QED) is 0.859. The van der Waals surface area contributed by atoms with Gasteiger partial charge in [-0.2, -0.15) is 0 Å². The van der Waals surface area contributed by atoms with E-state index in [4.69, 9.17) is 5.73 Å². The van der Waals surface area contributed by atoms with Crippen LogP contribution in [0.2, 0.25) is 0 Å². The lowest BCUT2D eigenvalue weighted by atomic mass is 9.88. The average molecular weight is 302 g/mol. The van der Waals surface area contributed by atoms with Crippen LogP contribution in [-0.2, 0) is 22.4 Å². The van der Waals surface area contributed by atoms with Crippen molar-refractivity contribution in [1.29, 1.82) is 0 Å². The van der Waals surface area contributed by atoms with Crippen LogP contribution in [0.15, 0.2) is 24.3 Å². The number of rotatable bonds is 3. The lowest BCUT2D eigenvalue weighted by molar-refractivity contribution is -0.145. The second-order valence-electron chi connectivity index (χ2n) is 6.60. The van der Waals surface area contributed by atoms with Crippen LogP contribution in [0.25, 0.3) is 0 Å². The standard InChI is InChI=1S/C17H22N2O3/c18-15(20)10-17(22)6-3-7-19(11-17)16(21)14-8-12-4-1-2-5-13(12)9-14/h1-2,4-5,14,22H,3,6-11H2,(H2,18,20). The van der Waals surface area contributed by atoms with E-state index in [-0.39, 0.29) is 24.8 Å². The molecule has 1 aromatic rings. The molecule has 1 saturated heterocycles. The van der Waals surface area contributed by atoms with Gasteiger partial charge in [0.25, 0.3) is 0 Å². The minimum atomic E-state index is -1.16. The Morgan fingerprint density at radius 3 is 2.50 bits per heavy atom. The second kappa shape index (κ2) is 5.72. The molecule has 1 atom stereocenters. The van der Waals surface area contributed by atoms with E-state index < -0.39 is 11.5 Å². The van der Waals surface area contributed by atoms with Gasteiger partial charge in [-0.25, -0.2) is 0 Å². The molecule has 118 valence electrons. The Hall–Kier alpha value is -1.88. The van der Waals surface area contributed by atoms with Crippen LogP contribution in [-0.4, -0.2) is 40.5 Å². The van der Waals surface area contributed by atoms with Crippen LogP contribution in [0.4, 0.5) is 0 Å². The molecule has 0 saturated carbocycles. The Labute approximate surface area is 130 Å². The van der Waals surface area contributed by atoms with E-state index in [2.05, 4.69) is 12.1 Å². The highest BCUT2D eigenvalue weighted by atomic mass is 16.3. The van der Waals surface area contributed by atoms with Crippen molar-refractivity contribution in [3.8, 4) is 0 Å². The molecule has 1 aliphatic carbocycles. The van der Waals surface area contributed by atoms with Gasteiger partial charge in [0.2, 0.25) is 11.8 Å². The van der Waals surface area contributed by atoms with Crippen LogP contribution in [0, 0.1) is 5.92 Å². The fraction of sp³-hybridized carbons (Fsp3) is 0.529. The van der Waals surface area contributed by atoms with Crippen LogP contribution in [0.1, 0.15) is 30.4 Å². The number of amides is 2. The summed E-state index contributed by atoms with van der Waals surface area (Å²) in [7, 11) is 0. The van der Waals surface area contributed by atoms with E-state index >= 15 is 0 Å². The summed E-state index contributed by atoms with van der Waals surface area (Å²) in [6.45, 7) is 0.856. The molecule has 1 aromatic carbocycles. The zero-order chi connectivity index (χ0) is 15.7. The molecule has 2 amide bonds. The highest BCUT2D eigenvalue weighted by Crippen LogP contribution is 2.30. The molecule has 3 N–H and O–H groups in total. The smallest absolute Gasteiger partial charge is 0.226 e. The molecule has 1 heterocycles. The summed E-state index contributed by atoms with van der Waals surface area (Å²) >= 11 is 0. The minimum Gasteiger partial charge on any atom is -0.388 e. The maximum absolute atomic E-state index is 12.7. The fourth-order valence-electron chi connectivity index (χ4n) is 3.76. The van der Waals surface area contributed by atoms with Crippen molar-refractivity contribution in [3.63, 3.8) is 0 Å². The van der Waals surface area contributed by atoms with Gasteiger partial charge in [0.05, 0.1) is 12.0 Å². The molecule has 0 spiro atoms. The van der Waals surface area contributed by atoms with Gasteiger partial charge in [0.15, 0.2) is 0 Å². The highest BCUT2D eigenvalue weighted by molar-refractivity contribution is 5.81. The molecule has 1 fully saturated rings. The molecule has 5 nitrogen and oxygen atoms in total. The molecule has 1 aliphatic heterocycles. The van der Waals surface area contributed by atoms with Crippen molar-refractivity contribution in [1.82, 2.24) is 4.90 Å². The molecule has 0 radical (unpaired) electrons. The van der Waals surface area contributed by atoms with Gasteiger partial charge < -0.3 is 15.7 Å². The molecule has 22 heavy (non-hydrogen) atoms. The normalized spacial score (nSPS) is 25.0. The summed E-state index contributed by atoms with van der Waals surface area (Å²) in [6, 6.07) is 8.14. The largest absolute Gasteiger partial charge is 0.388 e.